The maximum absolute atomic E-state index is 12.4. The minimum Gasteiger partial charge on any atom is -0.444 e. The smallest absolute Gasteiger partial charge is 0.331 e. The minimum atomic E-state index is -1.26. The van der Waals surface area contributed by atoms with Crippen molar-refractivity contribution in [3.8, 4) is 0 Å². The first kappa shape index (κ1) is 20.2. The average molecular weight is 387 g/mol. The molecule has 6 nitrogen and oxygen atoms in total. The monoisotopic (exact) mass is 386 g/mol. The van der Waals surface area contributed by atoms with Crippen LogP contribution in [0.5, 0.6) is 0 Å². The van der Waals surface area contributed by atoms with Gasteiger partial charge in [-0.25, -0.2) is 9.59 Å². The summed E-state index contributed by atoms with van der Waals surface area (Å²) in [6.45, 7) is 2.08. The van der Waals surface area contributed by atoms with Gasteiger partial charge in [-0.2, -0.15) is 0 Å². The number of imide groups is 1. The van der Waals surface area contributed by atoms with Crippen molar-refractivity contribution in [1.82, 2.24) is 10.6 Å². The van der Waals surface area contributed by atoms with Gasteiger partial charge in [-0.1, -0.05) is 54.1 Å². The lowest BCUT2D eigenvalue weighted by Crippen LogP contribution is -2.42. The molecule has 0 spiro atoms. The number of benzene rings is 2. The molecule has 0 aromatic heterocycles. The number of amides is 3. The molecular weight excluding hydrogens is 368 g/mol. The van der Waals surface area contributed by atoms with E-state index in [9.17, 15) is 14.4 Å². The van der Waals surface area contributed by atoms with Gasteiger partial charge in [0.1, 0.15) is 0 Å². The second-order valence-electron chi connectivity index (χ2n) is 5.46. The van der Waals surface area contributed by atoms with Gasteiger partial charge in [0.15, 0.2) is 0 Å². The summed E-state index contributed by atoms with van der Waals surface area (Å²) in [7, 11) is 0. The maximum atomic E-state index is 12.4. The number of carbonyl (C=O) groups is 3. The van der Waals surface area contributed by atoms with Crippen LogP contribution in [0, 0.1) is 0 Å². The van der Waals surface area contributed by atoms with Crippen molar-refractivity contribution in [2.45, 2.75) is 13.0 Å². The van der Waals surface area contributed by atoms with Crippen LogP contribution in [0.4, 0.5) is 4.79 Å². The van der Waals surface area contributed by atoms with Gasteiger partial charge in [0.25, 0.3) is 5.91 Å². The van der Waals surface area contributed by atoms with Crippen molar-refractivity contribution in [3.63, 3.8) is 0 Å². The Morgan fingerprint density at radius 2 is 1.85 bits per heavy atom. The number of esters is 1. The molecule has 2 N–H and O–H groups in total. The molecule has 0 fully saturated rings. The summed E-state index contributed by atoms with van der Waals surface area (Å²) >= 11 is 5.90. The Hall–Kier alpha value is -3.12. The molecule has 0 aliphatic rings. The topological polar surface area (TPSA) is 84.5 Å². The van der Waals surface area contributed by atoms with Crippen LogP contribution in [0.15, 0.2) is 60.7 Å². The van der Waals surface area contributed by atoms with Crippen LogP contribution in [0.25, 0.3) is 6.08 Å². The van der Waals surface area contributed by atoms with Crippen molar-refractivity contribution in [3.05, 3.63) is 76.8 Å². The quantitative estimate of drug-likeness (QED) is 0.588. The normalized spacial score (nSPS) is 11.6. The first-order valence-corrected chi connectivity index (χ1v) is 8.65. The van der Waals surface area contributed by atoms with Gasteiger partial charge in [-0.3, -0.25) is 10.1 Å². The minimum absolute atomic E-state index is 0.358. The Morgan fingerprint density at radius 1 is 1.11 bits per heavy atom. The Bertz CT molecular complexity index is 837. The second kappa shape index (κ2) is 10.1. The summed E-state index contributed by atoms with van der Waals surface area (Å²) in [4.78, 5) is 36.2. The van der Waals surface area contributed by atoms with Gasteiger partial charge >= 0.3 is 12.0 Å². The summed E-state index contributed by atoms with van der Waals surface area (Å²) < 4.78 is 5.28. The van der Waals surface area contributed by atoms with Gasteiger partial charge in [-0.15, -0.1) is 0 Å². The summed E-state index contributed by atoms with van der Waals surface area (Å²) in [5, 5.41) is 5.14. The number of urea groups is 1. The van der Waals surface area contributed by atoms with Crippen LogP contribution >= 0.6 is 11.6 Å². The molecule has 1 atom stereocenters. The fraction of sp³-hybridized carbons (Fsp3) is 0.150. The third-order valence-corrected chi connectivity index (χ3v) is 3.64. The van der Waals surface area contributed by atoms with Crippen LogP contribution in [0.2, 0.25) is 5.02 Å². The molecule has 0 heterocycles. The van der Waals surface area contributed by atoms with Gasteiger partial charge in [0, 0.05) is 23.2 Å². The molecule has 0 radical (unpaired) electrons. The zero-order valence-electron chi connectivity index (χ0n) is 14.6. The molecule has 27 heavy (non-hydrogen) atoms. The highest BCUT2D eigenvalue weighted by Gasteiger charge is 2.25. The maximum Gasteiger partial charge on any atom is 0.331 e. The molecule has 2 rings (SSSR count). The van der Waals surface area contributed by atoms with Crippen LogP contribution in [-0.2, 0) is 14.3 Å². The largest absolute Gasteiger partial charge is 0.444 e. The first-order chi connectivity index (χ1) is 13.0. The fourth-order valence-corrected chi connectivity index (χ4v) is 2.41. The molecule has 0 unspecified atom stereocenters. The molecule has 140 valence electrons. The van der Waals surface area contributed by atoms with Crippen molar-refractivity contribution in [1.29, 1.82) is 0 Å². The predicted molar refractivity (Wildman–Crippen MR) is 103 cm³/mol. The average Bonchev–Trinajstić information content (AvgIpc) is 2.65. The molecule has 7 heteroatoms. The van der Waals surface area contributed by atoms with E-state index in [1.807, 2.05) is 0 Å². The number of hydrogen-bond donors (Lipinski definition) is 2. The third-order valence-electron chi connectivity index (χ3n) is 3.41. The Kier molecular flexibility index (Phi) is 7.58. The van der Waals surface area contributed by atoms with Gasteiger partial charge in [-0.05, 0) is 30.7 Å². The number of halogens is 1. The Morgan fingerprint density at radius 3 is 2.52 bits per heavy atom. The lowest BCUT2D eigenvalue weighted by molar-refractivity contribution is -0.151. The van der Waals surface area contributed by atoms with Crippen molar-refractivity contribution < 1.29 is 19.1 Å². The Labute approximate surface area is 162 Å². The van der Waals surface area contributed by atoms with E-state index in [4.69, 9.17) is 16.3 Å². The van der Waals surface area contributed by atoms with Crippen LogP contribution in [0.3, 0.4) is 0 Å². The molecule has 0 aliphatic heterocycles. The fourth-order valence-electron chi connectivity index (χ4n) is 2.21. The van der Waals surface area contributed by atoms with Crippen molar-refractivity contribution in [2.75, 3.05) is 6.54 Å². The highest BCUT2D eigenvalue weighted by molar-refractivity contribution is 6.30. The molecule has 0 bridgehead atoms. The van der Waals surface area contributed by atoms with Gasteiger partial charge < -0.3 is 10.1 Å². The molecule has 0 aliphatic carbocycles. The predicted octanol–water partition coefficient (Wildman–Crippen LogP) is 3.48. The summed E-state index contributed by atoms with van der Waals surface area (Å²) in [6.07, 6.45) is 1.46. The number of hydrogen-bond acceptors (Lipinski definition) is 4. The highest BCUT2D eigenvalue weighted by Crippen LogP contribution is 2.18. The van der Waals surface area contributed by atoms with Crippen molar-refractivity contribution in [2.24, 2.45) is 0 Å². The van der Waals surface area contributed by atoms with E-state index in [0.717, 1.165) is 0 Å². The number of nitrogens with one attached hydrogen (secondary N) is 2. The van der Waals surface area contributed by atoms with E-state index in [1.165, 1.54) is 12.2 Å². The molecule has 2 aromatic carbocycles. The van der Waals surface area contributed by atoms with E-state index in [0.29, 0.717) is 22.7 Å². The number of rotatable bonds is 6. The second-order valence-corrected chi connectivity index (χ2v) is 5.90. The van der Waals surface area contributed by atoms with E-state index in [-0.39, 0.29) is 0 Å². The molecule has 0 saturated carbocycles. The first-order valence-electron chi connectivity index (χ1n) is 8.27. The van der Waals surface area contributed by atoms with E-state index in [1.54, 1.807) is 61.5 Å². The lowest BCUT2D eigenvalue weighted by atomic mass is 10.1. The van der Waals surface area contributed by atoms with E-state index < -0.39 is 24.0 Å². The van der Waals surface area contributed by atoms with Gasteiger partial charge in [0.2, 0.25) is 6.10 Å². The van der Waals surface area contributed by atoms with Crippen LogP contribution < -0.4 is 10.6 Å². The van der Waals surface area contributed by atoms with E-state index in [2.05, 4.69) is 10.6 Å². The summed E-state index contributed by atoms with van der Waals surface area (Å²) in [5.74, 6) is -1.47. The molecular formula is C20H19ClN2O4. The third kappa shape index (κ3) is 6.60. The molecule has 2 aromatic rings. The zero-order chi connectivity index (χ0) is 19.6. The lowest BCUT2D eigenvalue weighted by Gasteiger charge is -2.16. The molecule has 3 amide bonds. The summed E-state index contributed by atoms with van der Waals surface area (Å²) in [6, 6.07) is 14.7. The van der Waals surface area contributed by atoms with Crippen LogP contribution in [-0.4, -0.2) is 24.5 Å². The number of carbonyl (C=O) groups excluding carboxylic acids is 3. The SMILES string of the molecule is CCNC(=O)NC(=O)[C@H](OC(=O)/C=C/c1cccc(Cl)c1)c1ccccc1. The standard InChI is InChI=1S/C20H19ClN2O4/c1-2-22-20(26)23-19(25)18(15-8-4-3-5-9-15)27-17(24)12-11-14-7-6-10-16(21)13-14/h3-13,18H,2H2,1H3,(H2,22,23,25,26)/b12-11+/t18-/m1/s1. The highest BCUT2D eigenvalue weighted by atomic mass is 35.5. The van der Waals surface area contributed by atoms with Gasteiger partial charge in [0.05, 0.1) is 0 Å². The Balaban J connectivity index is 2.12. The van der Waals surface area contributed by atoms with E-state index >= 15 is 0 Å². The summed E-state index contributed by atoms with van der Waals surface area (Å²) in [5.41, 5.74) is 1.16. The number of ether oxygens (including phenoxy) is 1. The van der Waals surface area contributed by atoms with Crippen LogP contribution in [0.1, 0.15) is 24.2 Å². The zero-order valence-corrected chi connectivity index (χ0v) is 15.4. The molecule has 0 saturated heterocycles. The van der Waals surface area contributed by atoms with Crippen molar-refractivity contribution >= 4 is 35.6 Å².